The van der Waals surface area contributed by atoms with Gasteiger partial charge in [0.05, 0.1) is 17.6 Å². The molecule has 98 valence electrons. The van der Waals surface area contributed by atoms with Gasteiger partial charge in [0.2, 0.25) is 5.91 Å². The van der Waals surface area contributed by atoms with E-state index in [1.165, 1.54) is 11.5 Å². The van der Waals surface area contributed by atoms with Crippen LogP contribution in [-0.4, -0.2) is 29.4 Å². The fourth-order valence-corrected chi connectivity index (χ4v) is 3.38. The number of carbonyl (C=O) groups is 1. The number of anilines is 2. The Labute approximate surface area is 112 Å². The average molecular weight is 265 g/mol. The highest BCUT2D eigenvalue weighted by atomic mass is 32.2. The molecule has 0 aromatic carbocycles. The maximum absolute atomic E-state index is 12.2. The van der Waals surface area contributed by atoms with Crippen LogP contribution in [0, 0.1) is 5.92 Å². The van der Waals surface area contributed by atoms with Gasteiger partial charge in [-0.05, 0) is 36.3 Å². The van der Waals surface area contributed by atoms with Gasteiger partial charge < -0.3 is 10.6 Å². The number of carbonyl (C=O) groups excluding carboxylic acids is 1. The fraction of sp³-hybridized carbons (Fsp3) is 0.538. The Morgan fingerprint density at radius 3 is 2.94 bits per heavy atom. The smallest absolute Gasteiger partial charge is 0.227 e. The molecule has 1 aliphatic heterocycles. The molecule has 1 fully saturated rings. The van der Waals surface area contributed by atoms with Crippen molar-refractivity contribution in [3.05, 3.63) is 18.5 Å². The van der Waals surface area contributed by atoms with Crippen molar-refractivity contribution in [2.45, 2.75) is 19.3 Å². The number of amides is 1. The van der Waals surface area contributed by atoms with E-state index < -0.39 is 0 Å². The van der Waals surface area contributed by atoms with E-state index in [4.69, 9.17) is 5.73 Å². The lowest BCUT2D eigenvalue weighted by atomic mass is 9.98. The highest BCUT2D eigenvalue weighted by Crippen LogP contribution is 2.27. The zero-order valence-corrected chi connectivity index (χ0v) is 11.4. The van der Waals surface area contributed by atoms with Gasteiger partial charge in [-0.25, -0.2) is 0 Å². The second kappa shape index (κ2) is 6.09. The molecule has 1 aromatic heterocycles. The summed E-state index contributed by atoms with van der Waals surface area (Å²) in [6.07, 6.45) is 6.16. The zero-order chi connectivity index (χ0) is 13.0. The maximum atomic E-state index is 12.2. The van der Waals surface area contributed by atoms with Crippen LogP contribution in [-0.2, 0) is 4.79 Å². The first-order valence-corrected chi connectivity index (χ1v) is 7.37. The highest BCUT2D eigenvalue weighted by Gasteiger charge is 2.20. The minimum absolute atomic E-state index is 0.143. The van der Waals surface area contributed by atoms with Crippen LogP contribution < -0.4 is 10.6 Å². The topological polar surface area (TPSA) is 59.2 Å². The van der Waals surface area contributed by atoms with Gasteiger partial charge in [-0.1, -0.05) is 0 Å². The third kappa shape index (κ3) is 3.16. The third-order valence-electron chi connectivity index (χ3n) is 3.37. The summed E-state index contributed by atoms with van der Waals surface area (Å²) in [4.78, 5) is 17.8. The number of thioether (sulfide) groups is 1. The monoisotopic (exact) mass is 265 g/mol. The molecule has 0 bridgehead atoms. The summed E-state index contributed by atoms with van der Waals surface area (Å²) < 4.78 is 0. The standard InChI is InChI=1S/C13H19N3OS/c1-16(12-2-5-15-9-11(12)14)13(17)8-10-3-6-18-7-4-10/h2,5,9-10H,3-4,6-8,14H2,1H3. The summed E-state index contributed by atoms with van der Waals surface area (Å²) in [6.45, 7) is 0. The Balaban J connectivity index is 1.98. The number of rotatable bonds is 3. The molecule has 0 spiro atoms. The van der Waals surface area contributed by atoms with Gasteiger partial charge in [-0.15, -0.1) is 0 Å². The van der Waals surface area contributed by atoms with E-state index in [-0.39, 0.29) is 5.91 Å². The predicted molar refractivity (Wildman–Crippen MR) is 76.7 cm³/mol. The lowest BCUT2D eigenvalue weighted by Crippen LogP contribution is -2.29. The number of nitrogen functional groups attached to an aromatic ring is 1. The largest absolute Gasteiger partial charge is 0.396 e. The van der Waals surface area contributed by atoms with Crippen LogP contribution in [0.1, 0.15) is 19.3 Å². The number of pyridine rings is 1. The van der Waals surface area contributed by atoms with Gasteiger partial charge >= 0.3 is 0 Å². The van der Waals surface area contributed by atoms with E-state index in [2.05, 4.69) is 4.98 Å². The molecule has 0 atom stereocenters. The molecule has 0 saturated carbocycles. The van der Waals surface area contributed by atoms with Crippen molar-refractivity contribution in [2.75, 3.05) is 29.2 Å². The number of nitrogens with two attached hydrogens (primary N) is 1. The SMILES string of the molecule is CN(C(=O)CC1CCSCC1)c1ccncc1N. The number of hydrogen-bond acceptors (Lipinski definition) is 4. The normalized spacial score (nSPS) is 16.5. The Hall–Kier alpha value is -1.23. The molecule has 2 heterocycles. The van der Waals surface area contributed by atoms with Gasteiger partial charge in [0.1, 0.15) is 0 Å². The first-order valence-electron chi connectivity index (χ1n) is 6.22. The Morgan fingerprint density at radius 1 is 1.56 bits per heavy atom. The molecule has 2 N–H and O–H groups in total. The first kappa shape index (κ1) is 13.2. The van der Waals surface area contributed by atoms with Gasteiger partial charge in [0.15, 0.2) is 0 Å². The number of aromatic nitrogens is 1. The zero-order valence-electron chi connectivity index (χ0n) is 10.6. The van der Waals surface area contributed by atoms with Crippen molar-refractivity contribution in [3.8, 4) is 0 Å². The minimum Gasteiger partial charge on any atom is -0.396 e. The quantitative estimate of drug-likeness (QED) is 0.910. The average Bonchev–Trinajstić information content (AvgIpc) is 2.39. The van der Waals surface area contributed by atoms with Crippen molar-refractivity contribution >= 4 is 29.0 Å². The van der Waals surface area contributed by atoms with E-state index in [0.717, 1.165) is 18.5 Å². The lowest BCUT2D eigenvalue weighted by molar-refractivity contribution is -0.119. The molecule has 5 heteroatoms. The Morgan fingerprint density at radius 2 is 2.28 bits per heavy atom. The van der Waals surface area contributed by atoms with Crippen molar-refractivity contribution in [3.63, 3.8) is 0 Å². The van der Waals surface area contributed by atoms with E-state index in [1.807, 2.05) is 11.8 Å². The predicted octanol–water partition coefficient (Wildman–Crippen LogP) is 2.16. The van der Waals surface area contributed by atoms with E-state index in [9.17, 15) is 4.79 Å². The molecule has 1 aromatic rings. The molecule has 0 aliphatic carbocycles. The van der Waals surface area contributed by atoms with Crippen LogP contribution in [0.25, 0.3) is 0 Å². The molecular formula is C13H19N3OS. The molecule has 2 rings (SSSR count). The Kier molecular flexibility index (Phi) is 4.47. The minimum atomic E-state index is 0.143. The van der Waals surface area contributed by atoms with E-state index in [0.29, 0.717) is 18.0 Å². The van der Waals surface area contributed by atoms with Crippen LogP contribution in [0.15, 0.2) is 18.5 Å². The van der Waals surface area contributed by atoms with Gasteiger partial charge in [0, 0.05) is 19.7 Å². The molecule has 0 unspecified atom stereocenters. The van der Waals surface area contributed by atoms with Crippen LogP contribution in [0.4, 0.5) is 11.4 Å². The molecule has 1 aliphatic rings. The molecular weight excluding hydrogens is 246 g/mol. The van der Waals surface area contributed by atoms with Crippen LogP contribution in [0.5, 0.6) is 0 Å². The summed E-state index contributed by atoms with van der Waals surface area (Å²) in [5, 5.41) is 0. The maximum Gasteiger partial charge on any atom is 0.227 e. The third-order valence-corrected chi connectivity index (χ3v) is 4.42. The van der Waals surface area contributed by atoms with Crippen molar-refractivity contribution < 1.29 is 4.79 Å². The van der Waals surface area contributed by atoms with Crippen LogP contribution in [0.3, 0.4) is 0 Å². The van der Waals surface area contributed by atoms with Gasteiger partial charge in [-0.3, -0.25) is 9.78 Å². The van der Waals surface area contributed by atoms with Gasteiger partial charge in [0.25, 0.3) is 0 Å². The number of nitrogens with zero attached hydrogens (tertiary/aromatic N) is 2. The van der Waals surface area contributed by atoms with E-state index >= 15 is 0 Å². The van der Waals surface area contributed by atoms with Crippen molar-refractivity contribution in [2.24, 2.45) is 5.92 Å². The molecule has 1 saturated heterocycles. The van der Waals surface area contributed by atoms with Crippen molar-refractivity contribution in [1.82, 2.24) is 4.98 Å². The Bertz CT molecular complexity index is 418. The van der Waals surface area contributed by atoms with Crippen LogP contribution in [0.2, 0.25) is 0 Å². The molecule has 1 amide bonds. The second-order valence-corrected chi connectivity index (χ2v) is 5.87. The first-order chi connectivity index (χ1) is 8.68. The fourth-order valence-electron chi connectivity index (χ4n) is 2.17. The van der Waals surface area contributed by atoms with Crippen LogP contribution >= 0.6 is 11.8 Å². The lowest BCUT2D eigenvalue weighted by Gasteiger charge is -2.24. The summed E-state index contributed by atoms with van der Waals surface area (Å²) in [6, 6.07) is 1.78. The van der Waals surface area contributed by atoms with Gasteiger partial charge in [-0.2, -0.15) is 11.8 Å². The summed E-state index contributed by atoms with van der Waals surface area (Å²) >= 11 is 1.98. The molecule has 18 heavy (non-hydrogen) atoms. The summed E-state index contributed by atoms with van der Waals surface area (Å²) in [5.41, 5.74) is 7.13. The highest BCUT2D eigenvalue weighted by molar-refractivity contribution is 7.99. The summed E-state index contributed by atoms with van der Waals surface area (Å²) in [7, 11) is 1.78. The summed E-state index contributed by atoms with van der Waals surface area (Å²) in [5.74, 6) is 3.03. The molecule has 4 nitrogen and oxygen atoms in total. The molecule has 0 radical (unpaired) electrons. The van der Waals surface area contributed by atoms with Crippen molar-refractivity contribution in [1.29, 1.82) is 0 Å². The van der Waals surface area contributed by atoms with E-state index in [1.54, 1.807) is 30.4 Å². The number of hydrogen-bond donors (Lipinski definition) is 1. The second-order valence-electron chi connectivity index (χ2n) is 4.65.